The highest BCUT2D eigenvalue weighted by Crippen LogP contribution is 2.34. The van der Waals surface area contributed by atoms with E-state index in [1.165, 1.54) is 0 Å². The molecule has 0 spiro atoms. The number of amides is 2. The van der Waals surface area contributed by atoms with E-state index in [4.69, 9.17) is 14.5 Å². The number of aromatic amines is 1. The molecule has 2 amide bonds. The minimum atomic E-state index is -0.572. The number of carbonyl (C=O) groups is 2. The second-order valence-corrected chi connectivity index (χ2v) is 11.1. The van der Waals surface area contributed by atoms with Crippen molar-refractivity contribution in [2.45, 2.75) is 45.3 Å². The number of benzene rings is 1. The van der Waals surface area contributed by atoms with Crippen molar-refractivity contribution in [1.82, 2.24) is 24.8 Å². The van der Waals surface area contributed by atoms with Gasteiger partial charge in [-0.2, -0.15) is 0 Å². The molecule has 3 aromatic heterocycles. The van der Waals surface area contributed by atoms with Crippen LogP contribution in [0.4, 0.5) is 4.79 Å². The SMILES string of the molecule is COc1cc(C(=O)N2CCCC(NC(=O)OC(C)(C)C)C2)cc2nc(-c3cc4ccsc4[nH]3)n(C)c12. The zero-order valence-electron chi connectivity index (χ0n) is 21.2. The minimum Gasteiger partial charge on any atom is -0.494 e. The van der Waals surface area contributed by atoms with Gasteiger partial charge in [0, 0.05) is 37.1 Å². The van der Waals surface area contributed by atoms with E-state index in [1.54, 1.807) is 29.4 Å². The smallest absolute Gasteiger partial charge is 0.407 e. The monoisotopic (exact) mass is 509 g/mol. The van der Waals surface area contributed by atoms with E-state index in [2.05, 4.69) is 27.8 Å². The number of thiophene rings is 1. The number of hydrogen-bond donors (Lipinski definition) is 2. The molecule has 4 aromatic rings. The molecule has 0 saturated carbocycles. The number of ether oxygens (including phenoxy) is 2. The number of methoxy groups -OCH3 is 1. The number of nitrogens with zero attached hydrogens (tertiary/aromatic N) is 3. The molecule has 1 aliphatic rings. The van der Waals surface area contributed by atoms with Crippen molar-refractivity contribution >= 4 is 44.6 Å². The van der Waals surface area contributed by atoms with E-state index >= 15 is 0 Å². The maximum absolute atomic E-state index is 13.5. The molecule has 0 radical (unpaired) electrons. The average molecular weight is 510 g/mol. The molecule has 1 unspecified atom stereocenters. The van der Waals surface area contributed by atoms with Crippen LogP contribution in [0.5, 0.6) is 5.75 Å². The molecule has 1 aromatic carbocycles. The van der Waals surface area contributed by atoms with E-state index in [0.717, 1.165) is 40.1 Å². The Bertz CT molecular complexity index is 1420. The third kappa shape index (κ3) is 4.65. The lowest BCUT2D eigenvalue weighted by Crippen LogP contribution is -2.50. The van der Waals surface area contributed by atoms with Crippen molar-refractivity contribution < 1.29 is 19.1 Å². The van der Waals surface area contributed by atoms with Crippen LogP contribution in [0.25, 0.3) is 32.8 Å². The summed E-state index contributed by atoms with van der Waals surface area (Å²) in [5, 5.41) is 6.10. The Morgan fingerprint density at radius 1 is 1.25 bits per heavy atom. The highest BCUT2D eigenvalue weighted by Gasteiger charge is 2.28. The fourth-order valence-electron chi connectivity index (χ4n) is 4.74. The number of fused-ring (bicyclic) bond motifs is 2. The van der Waals surface area contributed by atoms with Crippen molar-refractivity contribution in [3.05, 3.63) is 35.2 Å². The number of likely N-dealkylation sites (tertiary alicyclic amines) is 1. The summed E-state index contributed by atoms with van der Waals surface area (Å²) in [6.07, 6.45) is 1.13. The Balaban J connectivity index is 1.40. The summed E-state index contributed by atoms with van der Waals surface area (Å²) < 4.78 is 13.1. The number of aromatic nitrogens is 3. The summed E-state index contributed by atoms with van der Waals surface area (Å²) in [5.41, 5.74) is 2.36. The van der Waals surface area contributed by atoms with Gasteiger partial charge in [-0.15, -0.1) is 11.3 Å². The second kappa shape index (κ2) is 9.16. The largest absolute Gasteiger partial charge is 0.494 e. The van der Waals surface area contributed by atoms with Gasteiger partial charge in [-0.05, 0) is 63.3 Å². The van der Waals surface area contributed by atoms with Crippen molar-refractivity contribution in [3.63, 3.8) is 0 Å². The van der Waals surface area contributed by atoms with Crippen molar-refractivity contribution in [2.24, 2.45) is 7.05 Å². The molecular formula is C26H31N5O4S. The summed E-state index contributed by atoms with van der Waals surface area (Å²) >= 11 is 1.65. The number of hydrogen-bond acceptors (Lipinski definition) is 6. The van der Waals surface area contributed by atoms with Crippen LogP contribution in [0.2, 0.25) is 0 Å². The maximum atomic E-state index is 13.5. The van der Waals surface area contributed by atoms with Gasteiger partial charge in [0.15, 0.2) is 5.82 Å². The highest BCUT2D eigenvalue weighted by molar-refractivity contribution is 7.16. The van der Waals surface area contributed by atoms with Crippen LogP contribution >= 0.6 is 11.3 Å². The lowest BCUT2D eigenvalue weighted by atomic mass is 10.0. The maximum Gasteiger partial charge on any atom is 0.407 e. The summed E-state index contributed by atoms with van der Waals surface area (Å²) in [4.78, 5) is 36.9. The number of H-pyrrole nitrogens is 1. The molecular weight excluding hydrogens is 478 g/mol. The quantitative estimate of drug-likeness (QED) is 0.407. The topological polar surface area (TPSA) is 101 Å². The van der Waals surface area contributed by atoms with Crippen LogP contribution in [0.15, 0.2) is 29.6 Å². The molecule has 10 heteroatoms. The Hall–Kier alpha value is -3.53. The van der Waals surface area contributed by atoms with Crippen LogP contribution in [-0.2, 0) is 11.8 Å². The Morgan fingerprint density at radius 2 is 2.06 bits per heavy atom. The summed E-state index contributed by atoms with van der Waals surface area (Å²) in [5.74, 6) is 1.25. The fourth-order valence-corrected chi connectivity index (χ4v) is 5.52. The van der Waals surface area contributed by atoms with Gasteiger partial charge in [0.25, 0.3) is 5.91 Å². The van der Waals surface area contributed by atoms with E-state index < -0.39 is 11.7 Å². The van der Waals surface area contributed by atoms with Gasteiger partial charge in [0.05, 0.1) is 18.3 Å². The zero-order chi connectivity index (χ0) is 25.6. The first-order valence-electron chi connectivity index (χ1n) is 12.0. The third-order valence-corrected chi connectivity index (χ3v) is 7.16. The van der Waals surface area contributed by atoms with E-state index in [9.17, 15) is 9.59 Å². The molecule has 190 valence electrons. The molecule has 5 rings (SSSR count). The van der Waals surface area contributed by atoms with Gasteiger partial charge in [0.1, 0.15) is 21.7 Å². The van der Waals surface area contributed by atoms with Gasteiger partial charge in [0.2, 0.25) is 0 Å². The molecule has 36 heavy (non-hydrogen) atoms. The zero-order valence-corrected chi connectivity index (χ0v) is 22.0. The third-order valence-electron chi connectivity index (χ3n) is 6.32. The average Bonchev–Trinajstić information content (AvgIpc) is 3.50. The van der Waals surface area contributed by atoms with Crippen LogP contribution in [-0.4, -0.2) is 63.3 Å². The molecule has 1 aliphatic heterocycles. The predicted molar refractivity (Wildman–Crippen MR) is 141 cm³/mol. The van der Waals surface area contributed by atoms with Gasteiger partial charge in [-0.1, -0.05) is 0 Å². The summed E-state index contributed by atoms with van der Waals surface area (Å²) in [7, 11) is 3.54. The van der Waals surface area contributed by atoms with E-state index in [-0.39, 0.29) is 11.9 Å². The normalized spacial score (nSPS) is 16.5. The van der Waals surface area contributed by atoms with Crippen molar-refractivity contribution in [1.29, 1.82) is 0 Å². The van der Waals surface area contributed by atoms with Gasteiger partial charge >= 0.3 is 6.09 Å². The number of piperidine rings is 1. The molecule has 1 fully saturated rings. The van der Waals surface area contributed by atoms with Gasteiger partial charge in [-0.25, -0.2) is 9.78 Å². The molecule has 4 heterocycles. The lowest BCUT2D eigenvalue weighted by molar-refractivity contribution is 0.0452. The molecule has 0 aliphatic carbocycles. The second-order valence-electron chi connectivity index (χ2n) is 10.2. The molecule has 2 N–H and O–H groups in total. The number of nitrogens with one attached hydrogen (secondary N) is 2. The number of rotatable bonds is 4. The first-order valence-corrected chi connectivity index (χ1v) is 12.9. The highest BCUT2D eigenvalue weighted by atomic mass is 32.1. The summed E-state index contributed by atoms with van der Waals surface area (Å²) in [6.45, 7) is 6.53. The number of carbonyl (C=O) groups excluding carboxylic acids is 2. The Morgan fingerprint density at radius 3 is 2.78 bits per heavy atom. The lowest BCUT2D eigenvalue weighted by Gasteiger charge is -2.33. The first kappa shape index (κ1) is 24.2. The summed E-state index contributed by atoms with van der Waals surface area (Å²) in [6, 6.07) is 7.58. The first-order chi connectivity index (χ1) is 17.1. The Labute approximate surface area is 213 Å². The number of imidazole rings is 1. The van der Waals surface area contributed by atoms with Crippen molar-refractivity contribution in [2.75, 3.05) is 20.2 Å². The van der Waals surface area contributed by atoms with Gasteiger partial charge < -0.3 is 29.2 Å². The van der Waals surface area contributed by atoms with Gasteiger partial charge in [-0.3, -0.25) is 4.79 Å². The van der Waals surface area contributed by atoms with Crippen molar-refractivity contribution in [3.8, 4) is 17.3 Å². The van der Waals surface area contributed by atoms with E-state index in [1.807, 2.05) is 38.5 Å². The fraction of sp³-hybridized carbons (Fsp3) is 0.423. The van der Waals surface area contributed by atoms with E-state index in [0.29, 0.717) is 29.9 Å². The standard InChI is InChI=1S/C26H31N5O4S/c1-26(2,3)35-25(33)27-17-7-6-9-31(14-17)24(32)16-12-18-21(20(13-16)34-5)30(4)22(28-18)19-11-15-8-10-36-23(15)29-19/h8,10-13,17,29H,6-7,9,14H2,1-5H3,(H,27,33). The van der Waals surface area contributed by atoms with Crippen LogP contribution in [0.3, 0.4) is 0 Å². The molecule has 9 nitrogen and oxygen atoms in total. The van der Waals surface area contributed by atoms with Crippen LogP contribution < -0.4 is 10.1 Å². The predicted octanol–water partition coefficient (Wildman–Crippen LogP) is 4.92. The minimum absolute atomic E-state index is 0.113. The number of aryl methyl sites for hydroxylation is 1. The number of alkyl carbamates (subject to hydrolysis) is 1. The van der Waals surface area contributed by atoms with Crippen LogP contribution in [0, 0.1) is 0 Å². The Kier molecular flexibility index (Phi) is 6.15. The molecule has 1 atom stereocenters. The van der Waals surface area contributed by atoms with Crippen LogP contribution in [0.1, 0.15) is 44.0 Å². The molecule has 1 saturated heterocycles. The molecule has 0 bridgehead atoms.